The van der Waals surface area contributed by atoms with Gasteiger partial charge in [0.15, 0.2) is 0 Å². The molecule has 196 valence electrons. The Morgan fingerprint density at radius 2 is 1.81 bits per heavy atom. The third kappa shape index (κ3) is 6.30. The number of aliphatic hydroxyl groups is 1. The van der Waals surface area contributed by atoms with Gasteiger partial charge in [0.2, 0.25) is 5.95 Å². The summed E-state index contributed by atoms with van der Waals surface area (Å²) < 4.78 is 58.7. The summed E-state index contributed by atoms with van der Waals surface area (Å²) in [7, 11) is 0. The number of fused-ring (bicyclic) bond motifs is 1. The highest BCUT2D eigenvalue weighted by atomic mass is 19.4. The van der Waals surface area contributed by atoms with Gasteiger partial charge in [-0.25, -0.2) is 9.37 Å². The standard InChI is InChI=1S/C27H33F4N3O2/c1-16-10-19(15-25(2,3)13-16)34-23-12-21(28)17(14-26(4,5)35)11-22(23)33-24(34)32-18-6-8-20(9-7-18)36-27(29,30)31/h6-9,11-12,16,19,35H,10,13-15H2,1-5H3,(H,32,33)/t16-,19+/m0/s1. The topological polar surface area (TPSA) is 59.3 Å². The predicted octanol–water partition coefficient (Wildman–Crippen LogP) is 7.52. The van der Waals surface area contributed by atoms with Crippen LogP contribution in [0.1, 0.15) is 65.5 Å². The summed E-state index contributed by atoms with van der Waals surface area (Å²) in [6.07, 6.45) is -1.77. The van der Waals surface area contributed by atoms with Gasteiger partial charge in [0.25, 0.3) is 0 Å². The van der Waals surface area contributed by atoms with E-state index in [1.807, 2.05) is 4.57 Å². The molecule has 1 fully saturated rings. The first-order chi connectivity index (χ1) is 16.6. The Kier molecular flexibility index (Phi) is 6.75. The number of rotatable bonds is 6. The Morgan fingerprint density at radius 1 is 1.14 bits per heavy atom. The molecular weight excluding hydrogens is 474 g/mol. The number of halogens is 4. The van der Waals surface area contributed by atoms with Crippen LogP contribution in [0.15, 0.2) is 36.4 Å². The van der Waals surface area contributed by atoms with Crippen molar-refractivity contribution < 1.29 is 27.4 Å². The van der Waals surface area contributed by atoms with Crippen LogP contribution in [0.2, 0.25) is 0 Å². The van der Waals surface area contributed by atoms with Crippen molar-refractivity contribution >= 4 is 22.7 Å². The highest BCUT2D eigenvalue weighted by Gasteiger charge is 2.35. The molecule has 2 aromatic carbocycles. The van der Waals surface area contributed by atoms with Crippen LogP contribution in [0, 0.1) is 17.2 Å². The average Bonchev–Trinajstić information content (AvgIpc) is 3.02. The Balaban J connectivity index is 1.76. The van der Waals surface area contributed by atoms with Gasteiger partial charge in [0, 0.05) is 24.2 Å². The fraction of sp³-hybridized carbons (Fsp3) is 0.519. The molecule has 4 rings (SSSR count). The molecule has 1 saturated carbocycles. The summed E-state index contributed by atoms with van der Waals surface area (Å²) in [4.78, 5) is 4.76. The largest absolute Gasteiger partial charge is 0.573 e. The maximum atomic E-state index is 15.2. The second kappa shape index (κ2) is 9.25. The minimum Gasteiger partial charge on any atom is -0.406 e. The smallest absolute Gasteiger partial charge is 0.406 e. The third-order valence-corrected chi connectivity index (χ3v) is 6.55. The second-order valence-corrected chi connectivity index (χ2v) is 11.5. The highest BCUT2D eigenvalue weighted by molar-refractivity contribution is 5.81. The molecule has 3 aromatic rings. The van der Waals surface area contributed by atoms with Crippen LogP contribution in [-0.2, 0) is 6.42 Å². The van der Waals surface area contributed by atoms with Crippen LogP contribution in [-0.4, -0.2) is 26.6 Å². The van der Waals surface area contributed by atoms with E-state index in [4.69, 9.17) is 4.98 Å². The van der Waals surface area contributed by atoms with Crippen LogP contribution in [0.3, 0.4) is 0 Å². The average molecular weight is 508 g/mol. The fourth-order valence-electron chi connectivity index (χ4n) is 5.58. The van der Waals surface area contributed by atoms with Crippen molar-refractivity contribution in [2.75, 3.05) is 5.32 Å². The van der Waals surface area contributed by atoms with E-state index in [9.17, 15) is 18.3 Å². The second-order valence-electron chi connectivity index (χ2n) is 11.5. The van der Waals surface area contributed by atoms with Crippen LogP contribution < -0.4 is 10.1 Å². The minimum absolute atomic E-state index is 0.0589. The van der Waals surface area contributed by atoms with Gasteiger partial charge < -0.3 is 19.7 Å². The van der Waals surface area contributed by atoms with Gasteiger partial charge in [0.05, 0.1) is 16.6 Å². The van der Waals surface area contributed by atoms with Gasteiger partial charge in [-0.05, 0) is 80.3 Å². The van der Waals surface area contributed by atoms with E-state index in [1.54, 1.807) is 19.9 Å². The molecule has 0 radical (unpaired) electrons. The van der Waals surface area contributed by atoms with Gasteiger partial charge >= 0.3 is 6.36 Å². The number of nitrogens with zero attached hydrogens (tertiary/aromatic N) is 2. The van der Waals surface area contributed by atoms with Crippen LogP contribution in [0.25, 0.3) is 11.0 Å². The molecule has 9 heteroatoms. The quantitative estimate of drug-likeness (QED) is 0.339. The molecular formula is C27H33F4N3O2. The molecule has 0 aliphatic heterocycles. The van der Waals surface area contributed by atoms with Crippen molar-refractivity contribution in [3.05, 3.63) is 47.8 Å². The van der Waals surface area contributed by atoms with E-state index < -0.39 is 17.8 Å². The Bertz CT molecular complexity index is 1230. The van der Waals surface area contributed by atoms with Crippen molar-refractivity contribution in [3.63, 3.8) is 0 Å². The number of benzene rings is 2. The Morgan fingerprint density at radius 3 is 2.39 bits per heavy atom. The van der Waals surface area contributed by atoms with Gasteiger partial charge in [-0.2, -0.15) is 0 Å². The summed E-state index contributed by atoms with van der Waals surface area (Å²) in [5.41, 5.74) is 1.14. The van der Waals surface area contributed by atoms with E-state index in [1.165, 1.54) is 30.3 Å². The third-order valence-electron chi connectivity index (χ3n) is 6.55. The maximum absolute atomic E-state index is 15.2. The fourth-order valence-corrected chi connectivity index (χ4v) is 5.58. The summed E-state index contributed by atoms with van der Waals surface area (Å²) in [6.45, 7) is 9.91. The van der Waals surface area contributed by atoms with E-state index >= 15 is 4.39 Å². The molecule has 0 saturated heterocycles. The number of aromatic nitrogens is 2. The van der Waals surface area contributed by atoms with Crippen LogP contribution >= 0.6 is 0 Å². The van der Waals surface area contributed by atoms with Crippen molar-refractivity contribution in [1.82, 2.24) is 9.55 Å². The Labute approximate surface area is 208 Å². The molecule has 0 unspecified atom stereocenters. The monoisotopic (exact) mass is 507 g/mol. The van der Waals surface area contributed by atoms with E-state index in [0.717, 1.165) is 19.3 Å². The number of ether oxygens (including phenoxy) is 1. The van der Waals surface area contributed by atoms with Crippen molar-refractivity contribution in [1.29, 1.82) is 0 Å². The molecule has 1 aromatic heterocycles. The molecule has 0 spiro atoms. The lowest BCUT2D eigenvalue weighted by atomic mass is 9.70. The normalized spacial score (nSPS) is 20.5. The zero-order valence-corrected chi connectivity index (χ0v) is 21.2. The van der Waals surface area contributed by atoms with Crippen LogP contribution in [0.5, 0.6) is 5.75 Å². The van der Waals surface area contributed by atoms with Crippen molar-refractivity contribution in [3.8, 4) is 5.75 Å². The molecule has 2 atom stereocenters. The highest BCUT2D eigenvalue weighted by Crippen LogP contribution is 2.46. The maximum Gasteiger partial charge on any atom is 0.573 e. The molecule has 36 heavy (non-hydrogen) atoms. The van der Waals surface area contributed by atoms with Crippen molar-refractivity contribution in [2.24, 2.45) is 11.3 Å². The zero-order valence-electron chi connectivity index (χ0n) is 21.2. The number of hydrogen-bond acceptors (Lipinski definition) is 4. The zero-order chi connectivity index (χ0) is 26.5. The lowest BCUT2D eigenvalue weighted by Gasteiger charge is -2.40. The molecule has 2 N–H and O–H groups in total. The van der Waals surface area contributed by atoms with Crippen molar-refractivity contribution in [2.45, 2.75) is 78.3 Å². The number of hydrogen-bond donors (Lipinski definition) is 2. The number of imidazole rings is 1. The van der Waals surface area contributed by atoms with E-state index in [2.05, 4.69) is 30.8 Å². The SMILES string of the molecule is C[C@H]1C[C@@H](n2c(Nc3ccc(OC(F)(F)F)cc3)nc3cc(CC(C)(C)O)c(F)cc32)CC(C)(C)C1. The van der Waals surface area contributed by atoms with E-state index in [0.29, 0.717) is 34.2 Å². The number of anilines is 2. The number of alkyl halides is 3. The lowest BCUT2D eigenvalue weighted by molar-refractivity contribution is -0.274. The number of nitrogens with one attached hydrogen (secondary N) is 1. The van der Waals surface area contributed by atoms with Gasteiger partial charge in [-0.1, -0.05) is 20.8 Å². The van der Waals surface area contributed by atoms with Gasteiger partial charge in [-0.15, -0.1) is 13.2 Å². The van der Waals surface area contributed by atoms with Gasteiger partial charge in [0.1, 0.15) is 11.6 Å². The first-order valence-electron chi connectivity index (χ1n) is 12.1. The predicted molar refractivity (Wildman–Crippen MR) is 132 cm³/mol. The summed E-state index contributed by atoms with van der Waals surface area (Å²) in [6, 6.07) is 8.63. The summed E-state index contributed by atoms with van der Waals surface area (Å²) in [5.74, 6) is 0.225. The van der Waals surface area contributed by atoms with Gasteiger partial charge in [-0.3, -0.25) is 0 Å². The van der Waals surface area contributed by atoms with E-state index in [-0.39, 0.29) is 23.6 Å². The Hall–Kier alpha value is -2.81. The summed E-state index contributed by atoms with van der Waals surface area (Å²) in [5, 5.41) is 13.4. The minimum atomic E-state index is -4.77. The molecule has 1 heterocycles. The first kappa shape index (κ1) is 26.3. The van der Waals surface area contributed by atoms with Crippen LogP contribution in [0.4, 0.5) is 29.2 Å². The molecule has 1 aliphatic carbocycles. The lowest BCUT2D eigenvalue weighted by Crippen LogP contribution is -2.29. The molecule has 5 nitrogen and oxygen atoms in total. The summed E-state index contributed by atoms with van der Waals surface area (Å²) >= 11 is 0. The molecule has 0 amide bonds. The molecule has 1 aliphatic rings. The first-order valence-corrected chi connectivity index (χ1v) is 12.1. The molecule has 0 bridgehead atoms.